The van der Waals surface area contributed by atoms with Crippen LogP contribution in [0, 0.1) is 0 Å². The molecular formula is C24H23ClN2O4S. The van der Waals surface area contributed by atoms with Crippen molar-refractivity contribution in [3.8, 4) is 0 Å². The van der Waals surface area contributed by atoms with Gasteiger partial charge in [-0.3, -0.25) is 14.4 Å². The average Bonchev–Trinajstić information content (AvgIpc) is 3.30. The number of thiophene rings is 1. The Morgan fingerprint density at radius 2 is 1.75 bits per heavy atom. The first-order valence-corrected chi connectivity index (χ1v) is 11.3. The highest BCUT2D eigenvalue weighted by Crippen LogP contribution is 2.25. The SMILES string of the molecule is CC(C)OC(=O)CC(NC(=O)c1ccc(Cl)c(NC(=O)c2cccs2)c1)c1ccccc1. The Bertz CT molecular complexity index is 1080. The maximum atomic E-state index is 13.0. The summed E-state index contributed by atoms with van der Waals surface area (Å²) in [6, 6.07) is 16.7. The molecule has 166 valence electrons. The number of benzene rings is 2. The van der Waals surface area contributed by atoms with Crippen LogP contribution in [0.2, 0.25) is 5.02 Å². The van der Waals surface area contributed by atoms with Crippen LogP contribution in [0.5, 0.6) is 0 Å². The van der Waals surface area contributed by atoms with Gasteiger partial charge in [0.1, 0.15) is 0 Å². The van der Waals surface area contributed by atoms with Gasteiger partial charge in [0.25, 0.3) is 11.8 Å². The molecule has 6 nitrogen and oxygen atoms in total. The van der Waals surface area contributed by atoms with E-state index in [2.05, 4.69) is 10.6 Å². The van der Waals surface area contributed by atoms with Gasteiger partial charge in [0.05, 0.1) is 34.2 Å². The number of rotatable bonds is 8. The van der Waals surface area contributed by atoms with Gasteiger partial charge in [-0.2, -0.15) is 0 Å². The van der Waals surface area contributed by atoms with Crippen molar-refractivity contribution in [2.24, 2.45) is 0 Å². The largest absolute Gasteiger partial charge is 0.463 e. The van der Waals surface area contributed by atoms with Crippen molar-refractivity contribution in [2.75, 3.05) is 5.32 Å². The zero-order valence-electron chi connectivity index (χ0n) is 17.6. The molecule has 0 saturated heterocycles. The second-order valence-electron chi connectivity index (χ2n) is 7.31. The molecule has 0 aliphatic heterocycles. The molecule has 1 heterocycles. The summed E-state index contributed by atoms with van der Waals surface area (Å²) in [5.74, 6) is -1.12. The van der Waals surface area contributed by atoms with Gasteiger partial charge < -0.3 is 15.4 Å². The third-order valence-corrected chi connectivity index (χ3v) is 5.67. The number of amides is 2. The van der Waals surface area contributed by atoms with E-state index in [4.69, 9.17) is 16.3 Å². The second-order valence-corrected chi connectivity index (χ2v) is 8.66. The molecule has 0 aliphatic carbocycles. The highest BCUT2D eigenvalue weighted by molar-refractivity contribution is 7.12. The Hall–Kier alpha value is -3.16. The van der Waals surface area contributed by atoms with Crippen LogP contribution in [0.15, 0.2) is 66.0 Å². The van der Waals surface area contributed by atoms with Crippen LogP contribution in [0.25, 0.3) is 0 Å². The molecule has 2 aromatic carbocycles. The number of carbonyl (C=O) groups excluding carboxylic acids is 3. The first-order chi connectivity index (χ1) is 15.3. The predicted molar refractivity (Wildman–Crippen MR) is 126 cm³/mol. The van der Waals surface area contributed by atoms with Crippen molar-refractivity contribution in [3.05, 3.63) is 87.1 Å². The van der Waals surface area contributed by atoms with Crippen LogP contribution >= 0.6 is 22.9 Å². The fraction of sp³-hybridized carbons (Fsp3) is 0.208. The predicted octanol–water partition coefficient (Wildman–Crippen LogP) is 5.47. The molecule has 0 aliphatic rings. The lowest BCUT2D eigenvalue weighted by Gasteiger charge is -2.20. The Kier molecular flexibility index (Phi) is 8.03. The molecule has 0 saturated carbocycles. The standard InChI is InChI=1S/C24H23ClN2O4S/c1-15(2)31-22(28)14-19(16-7-4-3-5-8-16)26-23(29)17-10-11-18(25)20(13-17)27-24(30)21-9-6-12-32-21/h3-13,15,19H,14H2,1-2H3,(H,26,29)(H,27,30). The molecule has 2 amide bonds. The van der Waals surface area contributed by atoms with Gasteiger partial charge in [0.15, 0.2) is 0 Å². The van der Waals surface area contributed by atoms with Crippen molar-refractivity contribution < 1.29 is 19.1 Å². The molecule has 8 heteroatoms. The fourth-order valence-electron chi connectivity index (χ4n) is 3.01. The molecule has 3 aromatic rings. The molecule has 0 spiro atoms. The van der Waals surface area contributed by atoms with Crippen molar-refractivity contribution >= 4 is 46.4 Å². The maximum absolute atomic E-state index is 13.0. The first kappa shape index (κ1) is 23.5. The van der Waals surface area contributed by atoms with Crippen LogP contribution in [0.3, 0.4) is 0 Å². The quantitative estimate of drug-likeness (QED) is 0.428. The van der Waals surface area contributed by atoms with E-state index >= 15 is 0 Å². The van der Waals surface area contributed by atoms with E-state index in [1.807, 2.05) is 30.3 Å². The number of esters is 1. The van der Waals surface area contributed by atoms with Crippen molar-refractivity contribution in [1.29, 1.82) is 0 Å². The van der Waals surface area contributed by atoms with E-state index in [1.54, 1.807) is 43.5 Å². The lowest BCUT2D eigenvalue weighted by atomic mass is 10.0. The summed E-state index contributed by atoms with van der Waals surface area (Å²) in [6.07, 6.45) is -0.260. The molecule has 0 fully saturated rings. The lowest BCUT2D eigenvalue weighted by molar-refractivity contribution is -0.147. The third-order valence-electron chi connectivity index (χ3n) is 4.47. The number of nitrogens with one attached hydrogen (secondary N) is 2. The van der Waals surface area contributed by atoms with Crippen LogP contribution < -0.4 is 10.6 Å². The van der Waals surface area contributed by atoms with Gasteiger partial charge in [-0.25, -0.2) is 0 Å². The third kappa shape index (κ3) is 6.42. The average molecular weight is 471 g/mol. The minimum absolute atomic E-state index is 0.0104. The summed E-state index contributed by atoms with van der Waals surface area (Å²) in [6.45, 7) is 3.54. The number of anilines is 1. The molecule has 1 aromatic heterocycles. The first-order valence-electron chi connectivity index (χ1n) is 10.0. The van der Waals surface area contributed by atoms with E-state index in [-0.39, 0.29) is 18.4 Å². The fourth-order valence-corrected chi connectivity index (χ4v) is 3.79. The lowest BCUT2D eigenvalue weighted by Crippen LogP contribution is -2.31. The number of carbonyl (C=O) groups is 3. The topological polar surface area (TPSA) is 84.5 Å². The van der Waals surface area contributed by atoms with Gasteiger partial charge in [-0.05, 0) is 49.1 Å². The number of ether oxygens (including phenoxy) is 1. The summed E-state index contributed by atoms with van der Waals surface area (Å²) < 4.78 is 5.25. The van der Waals surface area contributed by atoms with Crippen molar-refractivity contribution in [2.45, 2.75) is 32.4 Å². The summed E-state index contributed by atoms with van der Waals surface area (Å²) in [5, 5.41) is 7.73. The Labute approximate surface area is 195 Å². The molecular weight excluding hydrogens is 448 g/mol. The van der Waals surface area contributed by atoms with Gasteiger partial charge in [-0.15, -0.1) is 11.3 Å². The van der Waals surface area contributed by atoms with E-state index in [1.165, 1.54) is 17.4 Å². The highest BCUT2D eigenvalue weighted by atomic mass is 35.5. The van der Waals surface area contributed by atoms with Crippen LogP contribution in [0.1, 0.15) is 51.9 Å². The normalized spacial score (nSPS) is 11.6. The Balaban J connectivity index is 1.78. The Morgan fingerprint density at radius 3 is 2.41 bits per heavy atom. The Morgan fingerprint density at radius 1 is 1.00 bits per heavy atom. The van der Waals surface area contributed by atoms with Crippen molar-refractivity contribution in [1.82, 2.24) is 5.32 Å². The summed E-state index contributed by atoms with van der Waals surface area (Å²) in [4.78, 5) is 38.1. The maximum Gasteiger partial charge on any atom is 0.308 e. The van der Waals surface area contributed by atoms with E-state index in [9.17, 15) is 14.4 Å². The van der Waals surface area contributed by atoms with E-state index in [0.29, 0.717) is 21.2 Å². The van der Waals surface area contributed by atoms with Crippen molar-refractivity contribution in [3.63, 3.8) is 0 Å². The van der Waals surface area contributed by atoms with Gasteiger partial charge in [0.2, 0.25) is 0 Å². The summed E-state index contributed by atoms with van der Waals surface area (Å²) in [5.41, 5.74) is 1.41. The van der Waals surface area contributed by atoms with Crippen LogP contribution in [-0.2, 0) is 9.53 Å². The molecule has 0 radical (unpaired) electrons. The number of hydrogen-bond donors (Lipinski definition) is 2. The minimum Gasteiger partial charge on any atom is -0.463 e. The van der Waals surface area contributed by atoms with Crippen LogP contribution in [0.4, 0.5) is 5.69 Å². The van der Waals surface area contributed by atoms with Gasteiger partial charge >= 0.3 is 5.97 Å². The molecule has 1 unspecified atom stereocenters. The monoisotopic (exact) mass is 470 g/mol. The molecule has 0 bridgehead atoms. The van der Waals surface area contributed by atoms with Gasteiger partial charge in [0, 0.05) is 5.56 Å². The minimum atomic E-state index is -0.574. The number of hydrogen-bond acceptors (Lipinski definition) is 5. The second kappa shape index (κ2) is 10.9. The van der Waals surface area contributed by atoms with Crippen LogP contribution in [-0.4, -0.2) is 23.9 Å². The highest BCUT2D eigenvalue weighted by Gasteiger charge is 2.21. The zero-order chi connectivity index (χ0) is 23.1. The molecule has 32 heavy (non-hydrogen) atoms. The summed E-state index contributed by atoms with van der Waals surface area (Å²) in [7, 11) is 0. The smallest absolute Gasteiger partial charge is 0.308 e. The zero-order valence-corrected chi connectivity index (χ0v) is 19.2. The van der Waals surface area contributed by atoms with E-state index < -0.39 is 17.9 Å². The summed E-state index contributed by atoms with van der Waals surface area (Å²) >= 11 is 7.53. The number of halogens is 1. The van der Waals surface area contributed by atoms with Gasteiger partial charge in [-0.1, -0.05) is 48.0 Å². The molecule has 1 atom stereocenters. The molecule has 2 N–H and O–H groups in total. The molecule has 3 rings (SSSR count). The van der Waals surface area contributed by atoms with E-state index in [0.717, 1.165) is 5.56 Å².